The van der Waals surface area contributed by atoms with E-state index in [0.29, 0.717) is 17.4 Å². The molecule has 1 saturated carbocycles. The van der Waals surface area contributed by atoms with Crippen molar-refractivity contribution < 1.29 is 19.2 Å². The van der Waals surface area contributed by atoms with Gasteiger partial charge >= 0.3 is 5.97 Å². The quantitative estimate of drug-likeness (QED) is 0.647. The van der Waals surface area contributed by atoms with Gasteiger partial charge in [-0.05, 0) is 18.8 Å². The van der Waals surface area contributed by atoms with Gasteiger partial charge in [-0.2, -0.15) is 0 Å². The van der Waals surface area contributed by atoms with E-state index >= 15 is 0 Å². The first kappa shape index (κ1) is 10.1. The first-order valence-corrected chi connectivity index (χ1v) is 5.23. The van der Waals surface area contributed by atoms with Gasteiger partial charge in [-0.3, -0.25) is 9.59 Å². The zero-order valence-corrected chi connectivity index (χ0v) is 8.40. The predicted molar refractivity (Wildman–Crippen MR) is 49.1 cm³/mol. The van der Waals surface area contributed by atoms with Crippen molar-refractivity contribution in [3.63, 3.8) is 0 Å². The van der Waals surface area contributed by atoms with Crippen LogP contribution in [0.2, 0.25) is 0 Å². The molecule has 0 atom stereocenters. The smallest absolute Gasteiger partial charge is 0.330 e. The Balaban J connectivity index is 1.82. The van der Waals surface area contributed by atoms with Gasteiger partial charge in [0.2, 0.25) is 0 Å². The SMILES string of the molecule is O=C(CC1CCC1)ON1C(=O)CCC1=O. The van der Waals surface area contributed by atoms with Crippen LogP contribution in [0.5, 0.6) is 0 Å². The highest BCUT2D eigenvalue weighted by molar-refractivity contribution is 6.01. The fraction of sp³-hybridized carbons (Fsp3) is 0.700. The second-order valence-electron chi connectivity index (χ2n) is 4.05. The van der Waals surface area contributed by atoms with E-state index in [9.17, 15) is 14.4 Å². The number of rotatable bonds is 3. The molecule has 1 aliphatic carbocycles. The lowest BCUT2D eigenvalue weighted by molar-refractivity contribution is -0.198. The highest BCUT2D eigenvalue weighted by atomic mass is 16.7. The molecule has 0 spiro atoms. The summed E-state index contributed by atoms with van der Waals surface area (Å²) in [7, 11) is 0. The standard InChI is InChI=1S/C10H13NO4/c12-8-4-5-9(13)11(8)15-10(14)6-7-2-1-3-7/h7H,1-6H2. The summed E-state index contributed by atoms with van der Waals surface area (Å²) in [5.41, 5.74) is 0. The average molecular weight is 211 g/mol. The van der Waals surface area contributed by atoms with Gasteiger partial charge in [-0.15, -0.1) is 5.06 Å². The normalized spacial score (nSPS) is 21.7. The van der Waals surface area contributed by atoms with Crippen LogP contribution in [-0.2, 0) is 19.2 Å². The Hall–Kier alpha value is -1.39. The molecule has 0 unspecified atom stereocenters. The van der Waals surface area contributed by atoms with Gasteiger partial charge in [0.05, 0.1) is 6.42 Å². The highest BCUT2D eigenvalue weighted by Crippen LogP contribution is 2.29. The van der Waals surface area contributed by atoms with Gasteiger partial charge in [0.25, 0.3) is 11.8 Å². The summed E-state index contributed by atoms with van der Waals surface area (Å²) in [6, 6.07) is 0. The topological polar surface area (TPSA) is 63.7 Å². The molecule has 1 heterocycles. The lowest BCUT2D eigenvalue weighted by Crippen LogP contribution is -2.33. The number of hydrogen-bond acceptors (Lipinski definition) is 4. The maximum absolute atomic E-state index is 11.3. The van der Waals surface area contributed by atoms with Crippen LogP contribution in [0.4, 0.5) is 0 Å². The van der Waals surface area contributed by atoms with Gasteiger partial charge in [0.15, 0.2) is 0 Å². The highest BCUT2D eigenvalue weighted by Gasteiger charge is 2.33. The first-order valence-electron chi connectivity index (χ1n) is 5.23. The molecule has 0 aromatic heterocycles. The summed E-state index contributed by atoms with van der Waals surface area (Å²) in [6.45, 7) is 0. The summed E-state index contributed by atoms with van der Waals surface area (Å²) >= 11 is 0. The van der Waals surface area contributed by atoms with Crippen LogP contribution in [0.15, 0.2) is 0 Å². The van der Waals surface area contributed by atoms with Crippen LogP contribution < -0.4 is 0 Å². The molecule has 5 heteroatoms. The molecule has 5 nitrogen and oxygen atoms in total. The minimum Gasteiger partial charge on any atom is -0.330 e. The number of nitrogens with zero attached hydrogens (tertiary/aromatic N) is 1. The maximum atomic E-state index is 11.3. The number of amides is 2. The maximum Gasteiger partial charge on any atom is 0.333 e. The molecule has 0 aromatic rings. The zero-order chi connectivity index (χ0) is 10.8. The van der Waals surface area contributed by atoms with Crippen molar-refractivity contribution in [1.29, 1.82) is 0 Å². The van der Waals surface area contributed by atoms with E-state index in [1.807, 2.05) is 0 Å². The molecule has 2 amide bonds. The van der Waals surface area contributed by atoms with E-state index in [1.165, 1.54) is 0 Å². The Morgan fingerprint density at radius 1 is 1.27 bits per heavy atom. The zero-order valence-electron chi connectivity index (χ0n) is 8.40. The Bertz CT molecular complexity index is 293. The largest absolute Gasteiger partial charge is 0.333 e. The predicted octanol–water partition coefficient (Wildman–Crippen LogP) is 0.784. The molecule has 1 saturated heterocycles. The third kappa shape index (κ3) is 2.16. The number of hydroxylamine groups is 2. The lowest BCUT2D eigenvalue weighted by atomic mass is 9.83. The molecule has 2 aliphatic rings. The van der Waals surface area contributed by atoms with Gasteiger partial charge in [0.1, 0.15) is 0 Å². The average Bonchev–Trinajstić information content (AvgIpc) is 2.43. The number of hydrogen-bond donors (Lipinski definition) is 0. The van der Waals surface area contributed by atoms with Gasteiger partial charge in [-0.1, -0.05) is 6.42 Å². The third-order valence-electron chi connectivity index (χ3n) is 2.88. The molecular weight excluding hydrogens is 198 g/mol. The van der Waals surface area contributed by atoms with Crippen molar-refractivity contribution >= 4 is 17.8 Å². The number of carbonyl (C=O) groups is 3. The molecule has 0 bridgehead atoms. The summed E-state index contributed by atoms with van der Waals surface area (Å²) in [5, 5.41) is 0.612. The Kier molecular flexibility index (Phi) is 2.70. The summed E-state index contributed by atoms with van der Waals surface area (Å²) in [6.07, 6.45) is 3.84. The molecule has 2 fully saturated rings. The molecule has 82 valence electrons. The monoisotopic (exact) mass is 211 g/mol. The number of imide groups is 1. The minimum atomic E-state index is -0.469. The summed E-state index contributed by atoms with van der Waals surface area (Å²) < 4.78 is 0. The van der Waals surface area contributed by atoms with Crippen molar-refractivity contribution in [3.8, 4) is 0 Å². The molecular formula is C10H13NO4. The Labute approximate surface area is 87.3 Å². The van der Waals surface area contributed by atoms with Gasteiger partial charge in [0, 0.05) is 12.8 Å². The minimum absolute atomic E-state index is 0.148. The van der Waals surface area contributed by atoms with Crippen LogP contribution in [0, 0.1) is 5.92 Å². The van der Waals surface area contributed by atoms with Crippen LogP contribution in [0.3, 0.4) is 0 Å². The third-order valence-corrected chi connectivity index (χ3v) is 2.88. The van der Waals surface area contributed by atoms with E-state index in [-0.39, 0.29) is 12.8 Å². The second kappa shape index (κ2) is 4.00. The van der Waals surface area contributed by atoms with Crippen LogP contribution in [-0.4, -0.2) is 22.8 Å². The summed E-state index contributed by atoms with van der Waals surface area (Å²) in [5.74, 6) is -0.919. The van der Waals surface area contributed by atoms with Crippen LogP contribution in [0.25, 0.3) is 0 Å². The first-order chi connectivity index (χ1) is 7.16. The molecule has 0 radical (unpaired) electrons. The second-order valence-corrected chi connectivity index (χ2v) is 4.05. The molecule has 0 aromatic carbocycles. The fourth-order valence-corrected chi connectivity index (χ4v) is 1.73. The van der Waals surface area contributed by atoms with Crippen LogP contribution in [0.1, 0.15) is 38.5 Å². The van der Waals surface area contributed by atoms with E-state index in [0.717, 1.165) is 19.3 Å². The summed E-state index contributed by atoms with van der Waals surface area (Å²) in [4.78, 5) is 38.3. The van der Waals surface area contributed by atoms with E-state index < -0.39 is 17.8 Å². The van der Waals surface area contributed by atoms with Gasteiger partial charge < -0.3 is 4.84 Å². The molecule has 0 N–H and O–H groups in total. The molecule has 15 heavy (non-hydrogen) atoms. The Morgan fingerprint density at radius 2 is 1.87 bits per heavy atom. The van der Waals surface area contributed by atoms with Crippen LogP contribution >= 0.6 is 0 Å². The van der Waals surface area contributed by atoms with E-state index in [1.54, 1.807) is 0 Å². The fourth-order valence-electron chi connectivity index (χ4n) is 1.73. The van der Waals surface area contributed by atoms with Crippen molar-refractivity contribution in [3.05, 3.63) is 0 Å². The Morgan fingerprint density at radius 3 is 2.33 bits per heavy atom. The molecule has 1 aliphatic heterocycles. The number of carbonyl (C=O) groups excluding carboxylic acids is 3. The van der Waals surface area contributed by atoms with Crippen molar-refractivity contribution in [2.75, 3.05) is 0 Å². The van der Waals surface area contributed by atoms with Gasteiger partial charge in [-0.25, -0.2) is 4.79 Å². The van der Waals surface area contributed by atoms with Crippen molar-refractivity contribution in [1.82, 2.24) is 5.06 Å². The van der Waals surface area contributed by atoms with Crippen molar-refractivity contribution in [2.45, 2.75) is 38.5 Å². The van der Waals surface area contributed by atoms with E-state index in [2.05, 4.69) is 0 Å². The van der Waals surface area contributed by atoms with Crippen molar-refractivity contribution in [2.24, 2.45) is 5.92 Å². The van der Waals surface area contributed by atoms with E-state index in [4.69, 9.17) is 4.84 Å². The molecule has 2 rings (SSSR count). The lowest BCUT2D eigenvalue weighted by Gasteiger charge is -2.24.